The molecule has 0 saturated heterocycles. The lowest BCUT2D eigenvalue weighted by atomic mass is 9.83. The van der Waals surface area contributed by atoms with Crippen molar-refractivity contribution >= 4 is 5.91 Å². The summed E-state index contributed by atoms with van der Waals surface area (Å²) in [6, 6.07) is 2.72. The van der Waals surface area contributed by atoms with E-state index >= 15 is 0 Å². The third kappa shape index (κ3) is 3.38. The first-order valence-electron chi connectivity index (χ1n) is 10.0. The fourth-order valence-corrected chi connectivity index (χ4v) is 4.73. The number of carbonyl (C=O) groups is 1. The fraction of sp³-hybridized carbons (Fsp3) is 0.800. The topological polar surface area (TPSA) is 46.3 Å². The van der Waals surface area contributed by atoms with Gasteiger partial charge in [0, 0.05) is 24.1 Å². The summed E-state index contributed by atoms with van der Waals surface area (Å²) >= 11 is 0. The second-order valence-electron chi connectivity index (χ2n) is 8.32. The molecule has 132 valence electrons. The summed E-state index contributed by atoms with van der Waals surface area (Å²) in [5.41, 5.74) is 0.542. The van der Waals surface area contributed by atoms with Crippen molar-refractivity contribution in [2.75, 3.05) is 0 Å². The predicted molar refractivity (Wildman–Crippen MR) is 92.9 cm³/mol. The summed E-state index contributed by atoms with van der Waals surface area (Å²) in [6.07, 6.45) is 13.3. The Morgan fingerprint density at radius 3 is 2.50 bits per heavy atom. The van der Waals surface area contributed by atoms with Crippen molar-refractivity contribution in [2.45, 2.75) is 95.6 Å². The molecule has 0 aliphatic heterocycles. The van der Waals surface area contributed by atoms with E-state index in [0.29, 0.717) is 23.7 Å². The summed E-state index contributed by atoms with van der Waals surface area (Å²) in [6.45, 7) is 2.33. The Morgan fingerprint density at radius 1 is 1.04 bits per heavy atom. The van der Waals surface area contributed by atoms with Crippen LogP contribution in [0.3, 0.4) is 0 Å². The van der Waals surface area contributed by atoms with Gasteiger partial charge in [0.2, 0.25) is 0 Å². The predicted octanol–water partition coefficient (Wildman–Crippen LogP) is 4.91. The van der Waals surface area contributed by atoms with Crippen LogP contribution in [0.4, 0.5) is 0 Å². The van der Waals surface area contributed by atoms with E-state index in [2.05, 4.69) is 17.0 Å². The van der Waals surface area contributed by atoms with Crippen LogP contribution in [-0.2, 0) is 0 Å². The molecule has 1 amide bonds. The smallest absolute Gasteiger partial charge is 0.276 e. The van der Waals surface area contributed by atoms with Gasteiger partial charge in [-0.1, -0.05) is 44.2 Å². The zero-order valence-corrected chi connectivity index (χ0v) is 14.9. The zero-order valence-electron chi connectivity index (χ0n) is 14.9. The highest BCUT2D eigenvalue weighted by Crippen LogP contribution is 2.40. The zero-order chi connectivity index (χ0) is 16.5. The van der Waals surface area contributed by atoms with Crippen LogP contribution in [0.5, 0.6) is 0 Å². The summed E-state index contributed by atoms with van der Waals surface area (Å²) in [5.74, 6) is 2.27. The van der Waals surface area contributed by atoms with Gasteiger partial charge in [0.15, 0.2) is 5.69 Å². The first kappa shape index (κ1) is 16.2. The minimum atomic E-state index is 0.122. The highest BCUT2D eigenvalue weighted by molar-refractivity contribution is 5.92. The molecule has 4 rings (SSSR count). The number of amides is 1. The van der Waals surface area contributed by atoms with Crippen LogP contribution in [-0.4, -0.2) is 28.0 Å². The molecule has 1 heterocycles. The van der Waals surface area contributed by atoms with Crippen molar-refractivity contribution in [2.24, 2.45) is 5.92 Å². The van der Waals surface area contributed by atoms with Crippen molar-refractivity contribution in [3.8, 4) is 0 Å². The van der Waals surface area contributed by atoms with Crippen LogP contribution < -0.4 is 0 Å². The average Bonchev–Trinajstić information content (AvgIpc) is 3.33. The van der Waals surface area contributed by atoms with E-state index < -0.39 is 0 Å². The van der Waals surface area contributed by atoms with E-state index in [9.17, 15) is 4.79 Å². The molecule has 4 nitrogen and oxygen atoms in total. The summed E-state index contributed by atoms with van der Waals surface area (Å²) in [4.78, 5) is 15.5. The molecule has 3 saturated carbocycles. The van der Waals surface area contributed by atoms with Crippen molar-refractivity contribution in [3.63, 3.8) is 0 Å². The van der Waals surface area contributed by atoms with Gasteiger partial charge in [-0.3, -0.25) is 4.79 Å². The molecule has 0 aromatic carbocycles. The first-order valence-corrected chi connectivity index (χ1v) is 10.0. The Balaban J connectivity index is 1.56. The average molecular weight is 330 g/mol. The largest absolute Gasteiger partial charge is 0.360 e. The molecule has 3 aliphatic carbocycles. The molecule has 2 unspecified atom stereocenters. The van der Waals surface area contributed by atoms with Gasteiger partial charge in [0.1, 0.15) is 5.76 Å². The van der Waals surface area contributed by atoms with Gasteiger partial charge in [-0.05, 0) is 44.4 Å². The molecule has 3 fully saturated rings. The maximum Gasteiger partial charge on any atom is 0.276 e. The van der Waals surface area contributed by atoms with E-state index in [-0.39, 0.29) is 5.91 Å². The number of aromatic nitrogens is 1. The minimum absolute atomic E-state index is 0.122. The second-order valence-corrected chi connectivity index (χ2v) is 8.32. The van der Waals surface area contributed by atoms with Crippen molar-refractivity contribution < 1.29 is 9.32 Å². The monoisotopic (exact) mass is 330 g/mol. The van der Waals surface area contributed by atoms with Gasteiger partial charge in [0.05, 0.1) is 0 Å². The minimum Gasteiger partial charge on any atom is -0.360 e. The number of nitrogens with zero attached hydrogens (tertiary/aromatic N) is 2. The van der Waals surface area contributed by atoms with Gasteiger partial charge >= 0.3 is 0 Å². The van der Waals surface area contributed by atoms with Crippen molar-refractivity contribution in [1.29, 1.82) is 0 Å². The maximum absolute atomic E-state index is 13.3. The SMILES string of the molecule is CC1CCCC(N(C(=O)c2cc(C3CC3)on2)C2CCCCC2)C1. The highest BCUT2D eigenvalue weighted by Gasteiger charge is 2.36. The van der Waals surface area contributed by atoms with Gasteiger partial charge in [0.25, 0.3) is 5.91 Å². The lowest BCUT2D eigenvalue weighted by molar-refractivity contribution is 0.0399. The summed E-state index contributed by atoms with van der Waals surface area (Å²) in [7, 11) is 0. The molecule has 4 heteroatoms. The van der Waals surface area contributed by atoms with Gasteiger partial charge in [-0.15, -0.1) is 0 Å². The number of hydrogen-bond donors (Lipinski definition) is 0. The standard InChI is InChI=1S/C20H30N2O2/c1-14-6-5-9-17(12-14)22(16-7-3-2-4-8-16)20(23)18-13-19(24-21-18)15-10-11-15/h13-17H,2-12H2,1H3. The molecule has 3 aliphatic rings. The van der Waals surface area contributed by atoms with Gasteiger partial charge < -0.3 is 9.42 Å². The van der Waals surface area contributed by atoms with E-state index in [1.54, 1.807) is 0 Å². The molecular weight excluding hydrogens is 300 g/mol. The van der Waals surface area contributed by atoms with Crippen LogP contribution in [0.2, 0.25) is 0 Å². The van der Waals surface area contributed by atoms with Crippen molar-refractivity contribution in [3.05, 3.63) is 17.5 Å². The molecular formula is C20H30N2O2. The van der Waals surface area contributed by atoms with Crippen LogP contribution in [0.15, 0.2) is 10.6 Å². The van der Waals surface area contributed by atoms with Crippen LogP contribution in [0, 0.1) is 5.92 Å². The third-order valence-corrected chi connectivity index (χ3v) is 6.23. The Hall–Kier alpha value is -1.32. The molecule has 0 N–H and O–H groups in total. The van der Waals surface area contributed by atoms with E-state index in [0.717, 1.165) is 37.4 Å². The highest BCUT2D eigenvalue weighted by atomic mass is 16.5. The van der Waals surface area contributed by atoms with Gasteiger partial charge in [-0.25, -0.2) is 0 Å². The Kier molecular flexibility index (Phi) is 4.64. The normalized spacial score (nSPS) is 28.7. The number of hydrogen-bond acceptors (Lipinski definition) is 3. The van der Waals surface area contributed by atoms with Gasteiger partial charge in [-0.2, -0.15) is 0 Å². The number of carbonyl (C=O) groups excluding carboxylic acids is 1. The lowest BCUT2D eigenvalue weighted by Gasteiger charge is -2.42. The van der Waals surface area contributed by atoms with Crippen molar-refractivity contribution in [1.82, 2.24) is 10.1 Å². The Morgan fingerprint density at radius 2 is 1.79 bits per heavy atom. The summed E-state index contributed by atoms with van der Waals surface area (Å²) < 4.78 is 5.46. The fourth-order valence-electron chi connectivity index (χ4n) is 4.73. The molecule has 1 aromatic rings. The molecule has 0 bridgehead atoms. The first-order chi connectivity index (χ1) is 11.7. The van der Waals surface area contributed by atoms with E-state index in [1.165, 1.54) is 44.9 Å². The van der Waals surface area contributed by atoms with Crippen LogP contribution in [0.25, 0.3) is 0 Å². The molecule has 2 atom stereocenters. The van der Waals surface area contributed by atoms with E-state index in [4.69, 9.17) is 4.52 Å². The maximum atomic E-state index is 13.3. The number of rotatable bonds is 4. The molecule has 24 heavy (non-hydrogen) atoms. The third-order valence-electron chi connectivity index (χ3n) is 6.23. The molecule has 0 spiro atoms. The second kappa shape index (κ2) is 6.89. The molecule has 0 radical (unpaired) electrons. The van der Waals surface area contributed by atoms with Crippen LogP contribution in [0.1, 0.15) is 99.7 Å². The lowest BCUT2D eigenvalue weighted by Crippen LogP contribution is -2.49. The Bertz CT molecular complexity index is 572. The summed E-state index contributed by atoms with van der Waals surface area (Å²) in [5, 5.41) is 4.14. The van der Waals surface area contributed by atoms with Crippen LogP contribution >= 0.6 is 0 Å². The van der Waals surface area contributed by atoms with E-state index in [1.807, 2.05) is 6.07 Å². The quantitative estimate of drug-likeness (QED) is 0.788. The Labute approximate surface area is 145 Å². The molecule has 1 aromatic heterocycles.